The van der Waals surface area contributed by atoms with E-state index in [-0.39, 0.29) is 11.6 Å². The number of anilines is 2. The molecule has 0 fully saturated rings. The van der Waals surface area contributed by atoms with Crippen LogP contribution in [0, 0.1) is 0 Å². The molecule has 2 rings (SSSR count). The first kappa shape index (κ1) is 14.2. The maximum atomic E-state index is 12.1. The fraction of sp³-hybridized carbons (Fsp3) is 0. The average molecular weight is 360 g/mol. The van der Waals surface area contributed by atoms with E-state index in [4.69, 9.17) is 28.9 Å². The second kappa shape index (κ2) is 5.82. The number of nitrogens with two attached hydrogens (primary N) is 1. The van der Waals surface area contributed by atoms with E-state index >= 15 is 0 Å². The molecular weight excluding hydrogens is 351 g/mol. The summed E-state index contributed by atoms with van der Waals surface area (Å²) in [6, 6.07) is 10.1. The van der Waals surface area contributed by atoms with Gasteiger partial charge in [0.1, 0.15) is 0 Å². The van der Waals surface area contributed by atoms with Crippen molar-refractivity contribution in [2.45, 2.75) is 0 Å². The summed E-state index contributed by atoms with van der Waals surface area (Å²) in [7, 11) is 0. The Morgan fingerprint density at radius 2 is 1.74 bits per heavy atom. The number of nitrogens with one attached hydrogen (secondary N) is 1. The van der Waals surface area contributed by atoms with Crippen molar-refractivity contribution in [3.8, 4) is 0 Å². The van der Waals surface area contributed by atoms with Gasteiger partial charge in [0.05, 0.1) is 31.5 Å². The zero-order valence-corrected chi connectivity index (χ0v) is 12.7. The van der Waals surface area contributed by atoms with E-state index in [1.54, 1.807) is 36.4 Å². The molecule has 6 heteroatoms. The molecule has 19 heavy (non-hydrogen) atoms. The third-order valence-corrected chi connectivity index (χ3v) is 4.22. The molecule has 98 valence electrons. The number of rotatable bonds is 2. The Balaban J connectivity index is 2.31. The highest BCUT2D eigenvalue weighted by Gasteiger charge is 2.13. The molecule has 3 N–H and O–H groups in total. The molecule has 0 heterocycles. The maximum absolute atomic E-state index is 12.1. The Bertz CT molecular complexity index is 647. The SMILES string of the molecule is Nc1c(Cl)cccc1C(=O)Nc1cccc(Cl)c1Br. The average Bonchev–Trinajstić information content (AvgIpc) is 2.38. The normalized spacial score (nSPS) is 10.3. The fourth-order valence-corrected chi connectivity index (χ4v) is 2.24. The summed E-state index contributed by atoms with van der Waals surface area (Å²) in [4.78, 5) is 12.1. The van der Waals surface area contributed by atoms with Gasteiger partial charge in [-0.05, 0) is 40.2 Å². The van der Waals surface area contributed by atoms with Crippen LogP contribution in [-0.4, -0.2) is 5.91 Å². The van der Waals surface area contributed by atoms with Crippen molar-refractivity contribution in [2.24, 2.45) is 0 Å². The number of amides is 1. The highest BCUT2D eigenvalue weighted by Crippen LogP contribution is 2.31. The van der Waals surface area contributed by atoms with Crippen molar-refractivity contribution in [1.82, 2.24) is 0 Å². The van der Waals surface area contributed by atoms with Crippen LogP contribution in [0.4, 0.5) is 11.4 Å². The summed E-state index contributed by atoms with van der Waals surface area (Å²) < 4.78 is 0.616. The lowest BCUT2D eigenvalue weighted by Crippen LogP contribution is -2.14. The van der Waals surface area contributed by atoms with Crippen LogP contribution in [0.3, 0.4) is 0 Å². The van der Waals surface area contributed by atoms with Gasteiger partial charge in [0, 0.05) is 0 Å². The number of nitrogen functional groups attached to an aromatic ring is 1. The van der Waals surface area contributed by atoms with Crippen LogP contribution in [-0.2, 0) is 0 Å². The Labute approximate surface area is 128 Å². The molecule has 0 bridgehead atoms. The summed E-state index contributed by atoms with van der Waals surface area (Å²) in [5, 5.41) is 3.58. The molecule has 0 saturated heterocycles. The van der Waals surface area contributed by atoms with Gasteiger partial charge in [0.15, 0.2) is 0 Å². The lowest BCUT2D eigenvalue weighted by atomic mass is 10.1. The van der Waals surface area contributed by atoms with E-state index in [9.17, 15) is 4.79 Å². The summed E-state index contributed by atoms with van der Waals surface area (Å²) in [6.45, 7) is 0. The number of hydrogen-bond acceptors (Lipinski definition) is 2. The fourth-order valence-electron chi connectivity index (χ4n) is 1.53. The van der Waals surface area contributed by atoms with Crippen LogP contribution in [0.2, 0.25) is 10.0 Å². The van der Waals surface area contributed by atoms with Gasteiger partial charge in [-0.25, -0.2) is 0 Å². The molecule has 2 aromatic rings. The third-order valence-electron chi connectivity index (χ3n) is 2.50. The lowest BCUT2D eigenvalue weighted by Gasteiger charge is -2.10. The first-order valence-electron chi connectivity index (χ1n) is 5.30. The minimum atomic E-state index is -0.344. The Morgan fingerprint density at radius 3 is 2.47 bits per heavy atom. The predicted molar refractivity (Wildman–Crippen MR) is 83.0 cm³/mol. The number of hydrogen-bond donors (Lipinski definition) is 2. The van der Waals surface area contributed by atoms with E-state index in [0.717, 1.165) is 0 Å². The molecule has 0 spiro atoms. The zero-order chi connectivity index (χ0) is 14.0. The van der Waals surface area contributed by atoms with E-state index < -0.39 is 0 Å². The summed E-state index contributed by atoms with van der Waals surface area (Å²) in [6.07, 6.45) is 0. The number of carbonyl (C=O) groups excluding carboxylic acids is 1. The Kier molecular flexibility index (Phi) is 4.34. The Morgan fingerprint density at radius 1 is 1.11 bits per heavy atom. The van der Waals surface area contributed by atoms with Gasteiger partial charge in [-0.15, -0.1) is 0 Å². The molecule has 0 unspecified atom stereocenters. The van der Waals surface area contributed by atoms with Gasteiger partial charge < -0.3 is 11.1 Å². The van der Waals surface area contributed by atoms with Crippen molar-refractivity contribution < 1.29 is 4.79 Å². The van der Waals surface area contributed by atoms with Crippen LogP contribution in [0.25, 0.3) is 0 Å². The van der Waals surface area contributed by atoms with E-state index in [1.807, 2.05) is 0 Å². The van der Waals surface area contributed by atoms with Crippen molar-refractivity contribution in [2.75, 3.05) is 11.1 Å². The number of benzene rings is 2. The van der Waals surface area contributed by atoms with Crippen molar-refractivity contribution >= 4 is 56.4 Å². The van der Waals surface area contributed by atoms with E-state index in [2.05, 4.69) is 21.2 Å². The van der Waals surface area contributed by atoms with Gasteiger partial charge in [0.2, 0.25) is 0 Å². The lowest BCUT2D eigenvalue weighted by molar-refractivity contribution is 0.102. The Hall–Kier alpha value is -1.23. The quantitative estimate of drug-likeness (QED) is 0.770. The summed E-state index contributed by atoms with van der Waals surface area (Å²) in [5.41, 5.74) is 6.91. The van der Waals surface area contributed by atoms with Crippen LogP contribution >= 0.6 is 39.1 Å². The van der Waals surface area contributed by atoms with Gasteiger partial charge in [-0.2, -0.15) is 0 Å². The van der Waals surface area contributed by atoms with Crippen LogP contribution in [0.1, 0.15) is 10.4 Å². The van der Waals surface area contributed by atoms with E-state index in [1.165, 1.54) is 0 Å². The smallest absolute Gasteiger partial charge is 0.257 e. The monoisotopic (exact) mass is 358 g/mol. The van der Waals surface area contributed by atoms with Crippen molar-refractivity contribution in [3.63, 3.8) is 0 Å². The number of carbonyl (C=O) groups is 1. The second-order valence-electron chi connectivity index (χ2n) is 3.76. The van der Waals surface area contributed by atoms with E-state index in [0.29, 0.717) is 25.8 Å². The molecular formula is C13H9BrCl2N2O. The summed E-state index contributed by atoms with van der Waals surface area (Å²) >= 11 is 15.1. The number of halogens is 3. The van der Waals surface area contributed by atoms with Gasteiger partial charge in [-0.3, -0.25) is 4.79 Å². The maximum Gasteiger partial charge on any atom is 0.257 e. The van der Waals surface area contributed by atoms with Crippen LogP contribution in [0.15, 0.2) is 40.9 Å². The van der Waals surface area contributed by atoms with Gasteiger partial charge >= 0.3 is 0 Å². The van der Waals surface area contributed by atoms with Crippen molar-refractivity contribution in [3.05, 3.63) is 56.5 Å². The minimum Gasteiger partial charge on any atom is -0.397 e. The molecule has 0 aliphatic rings. The molecule has 0 atom stereocenters. The summed E-state index contributed by atoms with van der Waals surface area (Å²) in [5.74, 6) is -0.344. The van der Waals surface area contributed by atoms with Crippen molar-refractivity contribution in [1.29, 1.82) is 0 Å². The first-order valence-corrected chi connectivity index (χ1v) is 6.85. The molecule has 0 aliphatic heterocycles. The topological polar surface area (TPSA) is 55.1 Å². The largest absolute Gasteiger partial charge is 0.397 e. The minimum absolute atomic E-state index is 0.250. The molecule has 3 nitrogen and oxygen atoms in total. The molecule has 0 radical (unpaired) electrons. The highest BCUT2D eigenvalue weighted by molar-refractivity contribution is 9.10. The second-order valence-corrected chi connectivity index (χ2v) is 5.36. The van der Waals surface area contributed by atoms with Crippen LogP contribution in [0.5, 0.6) is 0 Å². The third kappa shape index (κ3) is 3.03. The van der Waals surface area contributed by atoms with Crippen LogP contribution < -0.4 is 11.1 Å². The predicted octanol–water partition coefficient (Wildman–Crippen LogP) is 4.59. The molecule has 1 amide bonds. The van der Waals surface area contributed by atoms with Gasteiger partial charge in [0.25, 0.3) is 5.91 Å². The zero-order valence-electron chi connectivity index (χ0n) is 9.58. The molecule has 2 aromatic carbocycles. The molecule has 0 saturated carbocycles. The number of para-hydroxylation sites is 1. The molecule has 0 aromatic heterocycles. The standard InChI is InChI=1S/C13H9BrCl2N2O/c14-11-8(15)4-2-6-10(11)18-13(19)7-3-1-5-9(16)12(7)17/h1-6H,17H2,(H,18,19). The first-order chi connectivity index (χ1) is 9.00. The molecule has 0 aliphatic carbocycles. The van der Waals surface area contributed by atoms with Gasteiger partial charge in [-0.1, -0.05) is 35.3 Å². The highest BCUT2D eigenvalue weighted by atomic mass is 79.9.